The maximum absolute atomic E-state index is 12.7. The van der Waals surface area contributed by atoms with Crippen LogP contribution in [0.15, 0.2) is 18.2 Å². The van der Waals surface area contributed by atoms with Crippen molar-refractivity contribution in [1.82, 2.24) is 16.2 Å². The molecular weight excluding hydrogens is 370 g/mol. The molecule has 1 saturated carbocycles. The summed E-state index contributed by atoms with van der Waals surface area (Å²) in [4.78, 5) is 25.3. The van der Waals surface area contributed by atoms with Crippen LogP contribution in [-0.2, 0) is 4.74 Å². The number of nitrogens with one attached hydrogen (secondary N) is 3. The standard InChI is InChI=1S/C17H23N5O4S/c23-16(19-20-17(27)18-12-3-1-2-4-12)14-11-13(22(24)25)5-6-15(14)21-7-9-26-10-8-21/h5-6,11-12H,1-4,7-10H2,(H,19,23)(H2,18,20,27). The number of rotatable bonds is 4. The van der Waals surface area contributed by atoms with Gasteiger partial charge in [-0.25, -0.2) is 0 Å². The Morgan fingerprint density at radius 3 is 2.59 bits per heavy atom. The van der Waals surface area contributed by atoms with E-state index in [1.807, 2.05) is 4.90 Å². The van der Waals surface area contributed by atoms with Crippen LogP contribution in [-0.4, -0.2) is 48.3 Å². The van der Waals surface area contributed by atoms with Gasteiger partial charge < -0.3 is 15.0 Å². The lowest BCUT2D eigenvalue weighted by Crippen LogP contribution is -2.49. The third kappa shape index (κ3) is 5.04. The fraction of sp³-hybridized carbons (Fsp3) is 0.529. The van der Waals surface area contributed by atoms with Crippen molar-refractivity contribution < 1.29 is 14.5 Å². The highest BCUT2D eigenvalue weighted by molar-refractivity contribution is 7.80. The summed E-state index contributed by atoms with van der Waals surface area (Å²) in [5, 5.41) is 14.6. The van der Waals surface area contributed by atoms with Crippen LogP contribution in [0.3, 0.4) is 0 Å². The number of nitro benzene ring substituents is 1. The summed E-state index contributed by atoms with van der Waals surface area (Å²) < 4.78 is 5.34. The van der Waals surface area contributed by atoms with Crippen molar-refractivity contribution in [2.45, 2.75) is 31.7 Å². The highest BCUT2D eigenvalue weighted by atomic mass is 32.1. The first-order chi connectivity index (χ1) is 13.0. The number of carbonyl (C=O) groups is 1. The minimum atomic E-state index is -0.514. The van der Waals surface area contributed by atoms with Gasteiger partial charge in [0.05, 0.1) is 29.4 Å². The first-order valence-corrected chi connectivity index (χ1v) is 9.43. The molecule has 0 aromatic heterocycles. The number of benzene rings is 1. The van der Waals surface area contributed by atoms with Gasteiger partial charge in [-0.05, 0) is 31.1 Å². The molecule has 1 amide bonds. The quantitative estimate of drug-likeness (QED) is 0.401. The van der Waals surface area contributed by atoms with Crippen LogP contribution < -0.4 is 21.1 Å². The van der Waals surface area contributed by atoms with E-state index in [1.165, 1.54) is 25.0 Å². The van der Waals surface area contributed by atoms with Crippen LogP contribution in [0.1, 0.15) is 36.0 Å². The molecule has 3 N–H and O–H groups in total. The summed E-state index contributed by atoms with van der Waals surface area (Å²) in [6, 6.07) is 4.62. The molecule has 0 radical (unpaired) electrons. The summed E-state index contributed by atoms with van der Waals surface area (Å²) >= 11 is 5.21. The zero-order valence-corrected chi connectivity index (χ0v) is 15.7. The van der Waals surface area contributed by atoms with Gasteiger partial charge in [0.25, 0.3) is 11.6 Å². The number of amides is 1. The first-order valence-electron chi connectivity index (χ1n) is 9.02. The molecule has 0 atom stereocenters. The average molecular weight is 393 g/mol. The summed E-state index contributed by atoms with van der Waals surface area (Å²) in [5.41, 5.74) is 5.97. The number of thiocarbonyl (C=S) groups is 1. The van der Waals surface area contributed by atoms with Crippen molar-refractivity contribution in [3.05, 3.63) is 33.9 Å². The van der Waals surface area contributed by atoms with Crippen LogP contribution >= 0.6 is 12.2 Å². The number of anilines is 1. The molecule has 27 heavy (non-hydrogen) atoms. The fourth-order valence-electron chi connectivity index (χ4n) is 3.37. The van der Waals surface area contributed by atoms with Gasteiger partial charge in [-0.2, -0.15) is 0 Å². The van der Waals surface area contributed by atoms with E-state index < -0.39 is 10.8 Å². The minimum absolute atomic E-state index is 0.135. The van der Waals surface area contributed by atoms with E-state index in [1.54, 1.807) is 6.07 Å². The normalized spacial score (nSPS) is 17.4. The van der Waals surface area contributed by atoms with Gasteiger partial charge in [0.1, 0.15) is 0 Å². The molecule has 1 saturated heterocycles. The zero-order valence-electron chi connectivity index (χ0n) is 14.9. The Morgan fingerprint density at radius 2 is 1.93 bits per heavy atom. The summed E-state index contributed by atoms with van der Waals surface area (Å²) in [7, 11) is 0. The molecule has 0 unspecified atom stereocenters. The lowest BCUT2D eigenvalue weighted by molar-refractivity contribution is -0.384. The maximum atomic E-state index is 12.7. The molecule has 1 aliphatic heterocycles. The van der Waals surface area contributed by atoms with Crippen molar-refractivity contribution >= 4 is 34.6 Å². The molecule has 1 aromatic rings. The third-order valence-corrected chi connectivity index (χ3v) is 4.99. The topological polar surface area (TPSA) is 109 Å². The summed E-state index contributed by atoms with van der Waals surface area (Å²) in [6.45, 7) is 2.33. The number of hydrogen-bond acceptors (Lipinski definition) is 6. The number of hydrazine groups is 1. The Hall–Kier alpha value is -2.46. The molecule has 9 nitrogen and oxygen atoms in total. The molecule has 2 fully saturated rings. The van der Waals surface area contributed by atoms with E-state index in [2.05, 4.69) is 16.2 Å². The zero-order chi connectivity index (χ0) is 19.2. The fourth-order valence-corrected chi connectivity index (χ4v) is 3.59. The van der Waals surface area contributed by atoms with Gasteiger partial charge in [0.15, 0.2) is 5.11 Å². The van der Waals surface area contributed by atoms with Crippen LogP contribution in [0.5, 0.6) is 0 Å². The Morgan fingerprint density at radius 1 is 1.22 bits per heavy atom. The Labute approximate surface area is 162 Å². The van der Waals surface area contributed by atoms with E-state index in [4.69, 9.17) is 17.0 Å². The molecule has 0 bridgehead atoms. The summed E-state index contributed by atoms with van der Waals surface area (Å²) in [6.07, 6.45) is 4.45. The monoisotopic (exact) mass is 393 g/mol. The SMILES string of the molecule is O=C(NNC(=S)NC1CCCC1)c1cc([N+](=O)[O-])ccc1N1CCOCC1. The molecule has 146 valence electrons. The van der Waals surface area contributed by atoms with E-state index >= 15 is 0 Å². The highest BCUT2D eigenvalue weighted by Gasteiger charge is 2.22. The van der Waals surface area contributed by atoms with E-state index in [0.29, 0.717) is 43.1 Å². The second-order valence-electron chi connectivity index (χ2n) is 6.59. The molecule has 1 aromatic carbocycles. The van der Waals surface area contributed by atoms with Crippen LogP contribution in [0.4, 0.5) is 11.4 Å². The first kappa shape index (κ1) is 19.3. The van der Waals surface area contributed by atoms with E-state index in [9.17, 15) is 14.9 Å². The number of ether oxygens (including phenoxy) is 1. The van der Waals surface area contributed by atoms with Crippen molar-refractivity contribution in [1.29, 1.82) is 0 Å². The maximum Gasteiger partial charge on any atom is 0.272 e. The van der Waals surface area contributed by atoms with E-state index in [0.717, 1.165) is 12.8 Å². The number of morpholine rings is 1. The molecule has 0 spiro atoms. The number of nitrogens with zero attached hydrogens (tertiary/aromatic N) is 2. The number of carbonyl (C=O) groups excluding carboxylic acids is 1. The predicted octanol–water partition coefficient (Wildman–Crippen LogP) is 1.48. The number of non-ortho nitro benzene ring substituents is 1. The molecule has 3 rings (SSSR count). The van der Waals surface area contributed by atoms with Crippen molar-refractivity contribution in [2.75, 3.05) is 31.2 Å². The van der Waals surface area contributed by atoms with Gasteiger partial charge in [-0.15, -0.1) is 0 Å². The van der Waals surface area contributed by atoms with E-state index in [-0.39, 0.29) is 11.3 Å². The second-order valence-corrected chi connectivity index (χ2v) is 7.00. The van der Waals surface area contributed by atoms with Crippen molar-refractivity contribution in [3.8, 4) is 0 Å². The van der Waals surface area contributed by atoms with Gasteiger partial charge in [0, 0.05) is 31.3 Å². The largest absolute Gasteiger partial charge is 0.378 e. The summed E-state index contributed by atoms with van der Waals surface area (Å²) in [5.74, 6) is -0.476. The predicted molar refractivity (Wildman–Crippen MR) is 105 cm³/mol. The highest BCUT2D eigenvalue weighted by Crippen LogP contribution is 2.26. The van der Waals surface area contributed by atoms with Crippen molar-refractivity contribution in [3.63, 3.8) is 0 Å². The van der Waals surface area contributed by atoms with Gasteiger partial charge in [0.2, 0.25) is 0 Å². The van der Waals surface area contributed by atoms with Crippen LogP contribution in [0, 0.1) is 10.1 Å². The second kappa shape index (κ2) is 8.96. The number of hydrogen-bond donors (Lipinski definition) is 3. The van der Waals surface area contributed by atoms with Crippen LogP contribution in [0.25, 0.3) is 0 Å². The van der Waals surface area contributed by atoms with Gasteiger partial charge in [-0.1, -0.05) is 12.8 Å². The lowest BCUT2D eigenvalue weighted by atomic mass is 10.1. The molecule has 1 heterocycles. The Balaban J connectivity index is 1.69. The van der Waals surface area contributed by atoms with Crippen molar-refractivity contribution in [2.24, 2.45) is 0 Å². The number of nitro groups is 1. The molecule has 10 heteroatoms. The smallest absolute Gasteiger partial charge is 0.272 e. The average Bonchev–Trinajstić information content (AvgIpc) is 3.19. The third-order valence-electron chi connectivity index (χ3n) is 4.77. The minimum Gasteiger partial charge on any atom is -0.378 e. The molecule has 2 aliphatic rings. The van der Waals surface area contributed by atoms with Crippen LogP contribution in [0.2, 0.25) is 0 Å². The van der Waals surface area contributed by atoms with Gasteiger partial charge in [-0.3, -0.25) is 25.8 Å². The molecular formula is C17H23N5O4S. The lowest BCUT2D eigenvalue weighted by Gasteiger charge is -2.30. The Kier molecular flexibility index (Phi) is 6.40. The Bertz CT molecular complexity index is 717. The molecule has 1 aliphatic carbocycles. The van der Waals surface area contributed by atoms with Gasteiger partial charge >= 0.3 is 0 Å².